The third-order valence-electron chi connectivity index (χ3n) is 2.41. The summed E-state index contributed by atoms with van der Waals surface area (Å²) < 4.78 is 1.70. The fourth-order valence-corrected chi connectivity index (χ4v) is 1.61. The van der Waals surface area contributed by atoms with Crippen molar-refractivity contribution in [2.45, 2.75) is 6.54 Å². The van der Waals surface area contributed by atoms with Gasteiger partial charge in [-0.1, -0.05) is 11.6 Å². The van der Waals surface area contributed by atoms with E-state index in [1.54, 1.807) is 17.9 Å². The van der Waals surface area contributed by atoms with Gasteiger partial charge in [0, 0.05) is 7.05 Å². The standard InChI is InChI=1S/C11H11ClN4O2/c1-16-6-14-15-10(16)5-13-11(18)8-4-7(17)2-3-9(8)12/h2-4,6,17H,5H2,1H3,(H,13,18). The Morgan fingerprint density at radius 1 is 1.56 bits per heavy atom. The third-order valence-corrected chi connectivity index (χ3v) is 2.74. The molecule has 0 saturated heterocycles. The number of carbonyl (C=O) groups excluding carboxylic acids is 1. The SMILES string of the molecule is Cn1cnnc1CNC(=O)c1cc(O)ccc1Cl. The zero-order valence-corrected chi connectivity index (χ0v) is 10.3. The van der Waals surface area contributed by atoms with Crippen molar-refractivity contribution < 1.29 is 9.90 Å². The van der Waals surface area contributed by atoms with Crippen LogP contribution in [0.5, 0.6) is 5.75 Å². The Labute approximate surface area is 108 Å². The van der Waals surface area contributed by atoms with Crippen LogP contribution in [0.1, 0.15) is 16.2 Å². The molecule has 0 bridgehead atoms. The summed E-state index contributed by atoms with van der Waals surface area (Å²) in [5.41, 5.74) is 0.221. The first-order valence-electron chi connectivity index (χ1n) is 5.17. The van der Waals surface area contributed by atoms with Gasteiger partial charge in [-0.3, -0.25) is 4.79 Å². The average molecular weight is 267 g/mol. The second-order valence-corrected chi connectivity index (χ2v) is 4.11. The van der Waals surface area contributed by atoms with Crippen LogP contribution in [0.25, 0.3) is 0 Å². The van der Waals surface area contributed by atoms with Crippen LogP contribution < -0.4 is 5.32 Å². The molecule has 2 aromatic rings. The summed E-state index contributed by atoms with van der Waals surface area (Å²) in [7, 11) is 1.78. The number of aryl methyl sites for hydroxylation is 1. The maximum Gasteiger partial charge on any atom is 0.253 e. The van der Waals surface area contributed by atoms with Crippen molar-refractivity contribution in [3.8, 4) is 5.75 Å². The van der Waals surface area contributed by atoms with Crippen molar-refractivity contribution in [2.75, 3.05) is 0 Å². The van der Waals surface area contributed by atoms with E-state index in [4.69, 9.17) is 11.6 Å². The fraction of sp³-hybridized carbons (Fsp3) is 0.182. The Bertz CT molecular complexity index is 582. The van der Waals surface area contributed by atoms with E-state index >= 15 is 0 Å². The number of phenols is 1. The Kier molecular flexibility index (Phi) is 3.47. The van der Waals surface area contributed by atoms with Gasteiger partial charge in [0.2, 0.25) is 0 Å². The normalized spacial score (nSPS) is 10.3. The topological polar surface area (TPSA) is 80.0 Å². The molecule has 1 aromatic heterocycles. The van der Waals surface area contributed by atoms with E-state index in [1.807, 2.05) is 0 Å². The molecule has 0 saturated carbocycles. The summed E-state index contributed by atoms with van der Waals surface area (Å²) in [6.45, 7) is 0.237. The van der Waals surface area contributed by atoms with Crippen LogP contribution in [0.15, 0.2) is 24.5 Å². The molecule has 1 heterocycles. The van der Waals surface area contributed by atoms with E-state index < -0.39 is 0 Å². The van der Waals surface area contributed by atoms with Gasteiger partial charge in [0.1, 0.15) is 12.1 Å². The minimum Gasteiger partial charge on any atom is -0.508 e. The number of halogens is 1. The summed E-state index contributed by atoms with van der Waals surface area (Å²) >= 11 is 5.88. The number of phenolic OH excluding ortho intramolecular Hbond substituents is 1. The molecule has 18 heavy (non-hydrogen) atoms. The number of hydrogen-bond acceptors (Lipinski definition) is 4. The zero-order chi connectivity index (χ0) is 13.1. The van der Waals surface area contributed by atoms with Gasteiger partial charge in [0.15, 0.2) is 5.82 Å². The first-order chi connectivity index (χ1) is 8.58. The van der Waals surface area contributed by atoms with E-state index in [0.29, 0.717) is 5.82 Å². The minimum absolute atomic E-state index is 0.0109. The molecule has 6 nitrogen and oxygen atoms in total. The number of aromatic nitrogens is 3. The van der Waals surface area contributed by atoms with Crippen LogP contribution in [0.3, 0.4) is 0 Å². The van der Waals surface area contributed by atoms with Crippen molar-refractivity contribution >= 4 is 17.5 Å². The molecule has 2 rings (SSSR count). The Morgan fingerprint density at radius 3 is 3.00 bits per heavy atom. The molecule has 1 amide bonds. The van der Waals surface area contributed by atoms with Crippen molar-refractivity contribution in [1.82, 2.24) is 20.1 Å². The van der Waals surface area contributed by atoms with Crippen LogP contribution in [-0.4, -0.2) is 25.8 Å². The molecule has 0 aliphatic rings. The van der Waals surface area contributed by atoms with Crippen molar-refractivity contribution in [1.29, 1.82) is 0 Å². The highest BCUT2D eigenvalue weighted by molar-refractivity contribution is 6.33. The maximum atomic E-state index is 11.9. The zero-order valence-electron chi connectivity index (χ0n) is 9.59. The van der Waals surface area contributed by atoms with Crippen LogP contribution in [0, 0.1) is 0 Å². The van der Waals surface area contributed by atoms with Gasteiger partial charge in [-0.25, -0.2) is 0 Å². The van der Waals surface area contributed by atoms with Crippen LogP contribution in [0.4, 0.5) is 0 Å². The predicted molar refractivity (Wildman–Crippen MR) is 65.3 cm³/mol. The van der Waals surface area contributed by atoms with E-state index in [0.717, 1.165) is 0 Å². The Morgan fingerprint density at radius 2 is 2.33 bits per heavy atom. The summed E-state index contributed by atoms with van der Waals surface area (Å²) in [5.74, 6) is 0.238. The fourth-order valence-electron chi connectivity index (χ4n) is 1.41. The van der Waals surface area contributed by atoms with E-state index in [1.165, 1.54) is 18.2 Å². The number of aromatic hydroxyl groups is 1. The molecule has 1 aromatic carbocycles. The van der Waals surface area contributed by atoms with Gasteiger partial charge in [0.25, 0.3) is 5.91 Å². The smallest absolute Gasteiger partial charge is 0.253 e. The summed E-state index contributed by atoms with van der Waals surface area (Å²) in [5, 5.41) is 19.8. The molecule has 0 unspecified atom stereocenters. The lowest BCUT2D eigenvalue weighted by molar-refractivity contribution is 0.0949. The van der Waals surface area contributed by atoms with Crippen LogP contribution in [0.2, 0.25) is 5.02 Å². The van der Waals surface area contributed by atoms with Crippen molar-refractivity contribution in [2.24, 2.45) is 7.05 Å². The number of hydrogen-bond donors (Lipinski definition) is 2. The molecule has 0 radical (unpaired) electrons. The lowest BCUT2D eigenvalue weighted by Crippen LogP contribution is -2.24. The monoisotopic (exact) mass is 266 g/mol. The number of amides is 1. The van der Waals surface area contributed by atoms with E-state index in [-0.39, 0.29) is 28.8 Å². The molecule has 7 heteroatoms. The highest BCUT2D eigenvalue weighted by atomic mass is 35.5. The number of nitrogens with one attached hydrogen (secondary N) is 1. The highest BCUT2D eigenvalue weighted by Gasteiger charge is 2.12. The lowest BCUT2D eigenvalue weighted by atomic mass is 10.2. The molecule has 94 valence electrons. The van der Waals surface area contributed by atoms with Gasteiger partial charge < -0.3 is 15.0 Å². The quantitative estimate of drug-likeness (QED) is 0.872. The molecule has 0 aliphatic heterocycles. The first-order valence-corrected chi connectivity index (χ1v) is 5.55. The van der Waals surface area contributed by atoms with Gasteiger partial charge in [-0.2, -0.15) is 0 Å². The second kappa shape index (κ2) is 5.05. The number of rotatable bonds is 3. The van der Waals surface area contributed by atoms with Gasteiger partial charge in [-0.15, -0.1) is 10.2 Å². The molecule has 2 N–H and O–H groups in total. The Balaban J connectivity index is 2.08. The molecule has 0 aliphatic carbocycles. The number of carbonyl (C=O) groups is 1. The molecule has 0 fully saturated rings. The van der Waals surface area contributed by atoms with Gasteiger partial charge in [0.05, 0.1) is 17.1 Å². The largest absolute Gasteiger partial charge is 0.508 e. The third kappa shape index (κ3) is 2.60. The first kappa shape index (κ1) is 12.4. The van der Waals surface area contributed by atoms with Gasteiger partial charge in [-0.05, 0) is 18.2 Å². The molecular weight excluding hydrogens is 256 g/mol. The summed E-state index contributed by atoms with van der Waals surface area (Å²) in [6.07, 6.45) is 1.54. The average Bonchev–Trinajstić information content (AvgIpc) is 2.75. The van der Waals surface area contributed by atoms with Crippen molar-refractivity contribution in [3.63, 3.8) is 0 Å². The highest BCUT2D eigenvalue weighted by Crippen LogP contribution is 2.20. The Hall–Kier alpha value is -2.08. The van der Waals surface area contributed by atoms with E-state index in [2.05, 4.69) is 15.5 Å². The van der Waals surface area contributed by atoms with Crippen LogP contribution in [-0.2, 0) is 13.6 Å². The second-order valence-electron chi connectivity index (χ2n) is 3.70. The predicted octanol–water partition coefficient (Wildman–Crippen LogP) is 1.10. The van der Waals surface area contributed by atoms with Gasteiger partial charge >= 0.3 is 0 Å². The summed E-state index contributed by atoms with van der Waals surface area (Å²) in [6, 6.07) is 4.20. The molecule has 0 atom stereocenters. The van der Waals surface area contributed by atoms with Crippen LogP contribution >= 0.6 is 11.6 Å². The summed E-state index contributed by atoms with van der Waals surface area (Å²) in [4.78, 5) is 11.9. The van der Waals surface area contributed by atoms with E-state index in [9.17, 15) is 9.90 Å². The molecule has 0 spiro atoms. The van der Waals surface area contributed by atoms with Crippen molar-refractivity contribution in [3.05, 3.63) is 40.9 Å². The number of nitrogens with zero attached hydrogens (tertiary/aromatic N) is 3. The number of benzene rings is 1. The minimum atomic E-state index is -0.376. The lowest BCUT2D eigenvalue weighted by Gasteiger charge is -2.06. The maximum absolute atomic E-state index is 11.9. The molecular formula is C11H11ClN4O2.